The molecule has 0 N–H and O–H groups in total. The lowest BCUT2D eigenvalue weighted by Crippen LogP contribution is -2.45. The summed E-state index contributed by atoms with van der Waals surface area (Å²) in [7, 11) is -3.61. The van der Waals surface area contributed by atoms with Crippen molar-refractivity contribution >= 4 is 22.3 Å². The fourth-order valence-electron chi connectivity index (χ4n) is 3.87. The Kier molecular flexibility index (Phi) is 8.44. The molecule has 184 valence electrons. The van der Waals surface area contributed by atoms with E-state index in [2.05, 4.69) is 98.6 Å². The third kappa shape index (κ3) is 6.21. The van der Waals surface area contributed by atoms with Crippen LogP contribution >= 0.6 is 0 Å². The summed E-state index contributed by atoms with van der Waals surface area (Å²) >= 11 is 0. The maximum absolute atomic E-state index is 6.86. The van der Waals surface area contributed by atoms with Gasteiger partial charge in [-0.2, -0.15) is 0 Å². The molecule has 5 heteroatoms. The van der Waals surface area contributed by atoms with Crippen molar-refractivity contribution in [3.05, 3.63) is 23.3 Å². The Labute approximate surface area is 201 Å². The van der Waals surface area contributed by atoms with Crippen LogP contribution in [0.4, 0.5) is 5.69 Å². The second-order valence-electron chi connectivity index (χ2n) is 12.9. The van der Waals surface area contributed by atoms with E-state index in [0.29, 0.717) is 6.04 Å². The number of rotatable bonds is 8. The number of aryl methyl sites for hydroxylation is 2. The quantitative estimate of drug-likeness (QED) is 0.351. The second-order valence-corrected chi connectivity index (χ2v) is 22.5. The number of hydrogen-bond acceptors (Lipinski definition) is 3. The number of nitrogens with zero attached hydrogens (tertiary/aromatic N) is 1. The summed E-state index contributed by atoms with van der Waals surface area (Å²) < 4.78 is 13.5. The van der Waals surface area contributed by atoms with Crippen molar-refractivity contribution in [3.8, 4) is 5.75 Å². The molecule has 0 aliphatic carbocycles. The molecule has 0 saturated carbocycles. The van der Waals surface area contributed by atoms with Crippen molar-refractivity contribution in [2.75, 3.05) is 18.1 Å². The number of benzene rings is 1. The highest BCUT2D eigenvalue weighted by Gasteiger charge is 2.40. The van der Waals surface area contributed by atoms with E-state index in [4.69, 9.17) is 8.85 Å². The van der Waals surface area contributed by atoms with E-state index in [-0.39, 0.29) is 10.1 Å². The number of anilines is 1. The molecule has 1 heterocycles. The minimum Gasteiger partial charge on any atom is -0.543 e. The molecule has 0 radical (unpaired) electrons. The summed E-state index contributed by atoms with van der Waals surface area (Å²) in [6.07, 6.45) is 4.67. The zero-order valence-corrected chi connectivity index (χ0v) is 25.2. The summed E-state index contributed by atoms with van der Waals surface area (Å²) in [5.74, 6) is 1.15. The minimum absolute atomic E-state index is 0.197. The van der Waals surface area contributed by atoms with Crippen LogP contribution in [0.1, 0.15) is 78.9 Å². The highest BCUT2D eigenvalue weighted by atomic mass is 28.4. The molecule has 1 aliphatic heterocycles. The first kappa shape index (κ1) is 27.5. The summed E-state index contributed by atoms with van der Waals surface area (Å²) in [5, 5.41) is 0.451. The van der Waals surface area contributed by atoms with Gasteiger partial charge < -0.3 is 13.8 Å². The molecule has 0 bridgehead atoms. The van der Waals surface area contributed by atoms with Crippen LogP contribution in [-0.2, 0) is 10.8 Å². The SMILES string of the molecule is CCCc1cc(N2CCC[C@H]2CO[Si](C)(C)C(C)(C)C)cc(C)c1O[Si](C)(C)C(C)(C)C. The van der Waals surface area contributed by atoms with Gasteiger partial charge in [-0.1, -0.05) is 54.9 Å². The van der Waals surface area contributed by atoms with Crippen LogP contribution in [0.2, 0.25) is 36.3 Å². The summed E-state index contributed by atoms with van der Waals surface area (Å²) in [6, 6.07) is 5.26. The van der Waals surface area contributed by atoms with Gasteiger partial charge in [0.2, 0.25) is 0 Å². The van der Waals surface area contributed by atoms with E-state index >= 15 is 0 Å². The average molecular weight is 478 g/mol. The van der Waals surface area contributed by atoms with Gasteiger partial charge in [-0.25, -0.2) is 0 Å². The van der Waals surface area contributed by atoms with Crippen molar-refractivity contribution in [2.24, 2.45) is 0 Å². The third-order valence-electron chi connectivity index (χ3n) is 8.17. The van der Waals surface area contributed by atoms with Crippen molar-refractivity contribution < 1.29 is 8.85 Å². The Morgan fingerprint density at radius 1 is 0.969 bits per heavy atom. The molecule has 1 saturated heterocycles. The van der Waals surface area contributed by atoms with E-state index in [9.17, 15) is 0 Å². The smallest absolute Gasteiger partial charge is 0.250 e. The topological polar surface area (TPSA) is 21.7 Å². The summed E-state index contributed by atoms with van der Waals surface area (Å²) in [4.78, 5) is 2.61. The normalized spacial score (nSPS) is 18.4. The molecule has 1 aliphatic rings. The lowest BCUT2D eigenvalue weighted by atomic mass is 10.0. The first-order valence-electron chi connectivity index (χ1n) is 12.7. The van der Waals surface area contributed by atoms with Gasteiger partial charge in [0.15, 0.2) is 8.32 Å². The van der Waals surface area contributed by atoms with Crippen LogP contribution in [0.3, 0.4) is 0 Å². The lowest BCUT2D eigenvalue weighted by Gasteiger charge is -2.39. The maximum Gasteiger partial charge on any atom is 0.250 e. The van der Waals surface area contributed by atoms with Crippen LogP contribution in [0.15, 0.2) is 12.1 Å². The third-order valence-corrected chi connectivity index (χ3v) is 17.0. The van der Waals surface area contributed by atoms with Gasteiger partial charge in [-0.05, 0) is 85.7 Å². The zero-order chi connectivity index (χ0) is 24.5. The Bertz CT molecular complexity index is 775. The van der Waals surface area contributed by atoms with Crippen LogP contribution in [-0.4, -0.2) is 35.8 Å². The van der Waals surface area contributed by atoms with Crippen molar-refractivity contribution in [1.29, 1.82) is 0 Å². The lowest BCUT2D eigenvalue weighted by molar-refractivity contribution is 0.263. The highest BCUT2D eigenvalue weighted by Crippen LogP contribution is 2.42. The summed E-state index contributed by atoms with van der Waals surface area (Å²) in [5.41, 5.74) is 4.02. The van der Waals surface area contributed by atoms with E-state index in [0.717, 1.165) is 31.7 Å². The van der Waals surface area contributed by atoms with Crippen LogP contribution in [0.5, 0.6) is 5.75 Å². The molecule has 1 aromatic rings. The number of hydrogen-bond donors (Lipinski definition) is 0. The minimum atomic E-state index is -1.88. The summed E-state index contributed by atoms with van der Waals surface area (Å²) in [6.45, 7) is 29.8. The molecule has 0 spiro atoms. The molecule has 3 nitrogen and oxygen atoms in total. The van der Waals surface area contributed by atoms with Gasteiger partial charge in [0, 0.05) is 12.2 Å². The van der Waals surface area contributed by atoms with Gasteiger partial charge in [-0.3, -0.25) is 0 Å². The molecule has 0 amide bonds. The van der Waals surface area contributed by atoms with Crippen molar-refractivity contribution in [2.45, 2.75) is 123 Å². The molecule has 1 atom stereocenters. The fourth-order valence-corrected chi connectivity index (χ4v) is 6.02. The maximum atomic E-state index is 6.86. The van der Waals surface area contributed by atoms with Crippen LogP contribution in [0, 0.1) is 6.92 Å². The Morgan fingerprint density at radius 3 is 2.09 bits per heavy atom. The first-order chi connectivity index (χ1) is 14.5. The van der Waals surface area contributed by atoms with Crippen LogP contribution in [0.25, 0.3) is 0 Å². The van der Waals surface area contributed by atoms with E-state index in [1.54, 1.807) is 0 Å². The van der Waals surface area contributed by atoms with Gasteiger partial charge in [0.05, 0.1) is 12.6 Å². The monoisotopic (exact) mass is 477 g/mol. The molecule has 2 rings (SSSR count). The predicted octanol–water partition coefficient (Wildman–Crippen LogP) is 8.32. The molecule has 1 fully saturated rings. The van der Waals surface area contributed by atoms with Gasteiger partial charge in [0.1, 0.15) is 5.75 Å². The highest BCUT2D eigenvalue weighted by molar-refractivity contribution is 6.75. The first-order valence-corrected chi connectivity index (χ1v) is 18.5. The molecule has 1 aromatic carbocycles. The molecular formula is C27H51NO2Si2. The average Bonchev–Trinajstić information content (AvgIpc) is 3.09. The van der Waals surface area contributed by atoms with E-state index in [1.807, 2.05) is 0 Å². The molecule has 32 heavy (non-hydrogen) atoms. The fraction of sp³-hybridized carbons (Fsp3) is 0.778. The zero-order valence-electron chi connectivity index (χ0n) is 23.2. The largest absolute Gasteiger partial charge is 0.543 e. The Hall–Kier alpha value is -0.786. The molecule has 0 unspecified atom stereocenters. The van der Waals surface area contributed by atoms with E-state index in [1.165, 1.54) is 29.7 Å². The second kappa shape index (κ2) is 9.83. The van der Waals surface area contributed by atoms with Crippen molar-refractivity contribution in [3.63, 3.8) is 0 Å². The van der Waals surface area contributed by atoms with Gasteiger partial charge in [-0.15, -0.1) is 0 Å². The standard InChI is InChI=1S/C27H51NO2Si2/c1-13-15-22-19-24(18-21(2)25(22)30-32(11,12)27(6,7)8)28-17-14-16-23(28)20-29-31(9,10)26(3,4)5/h18-19,23H,13-17,20H2,1-12H3/t23-/m0/s1. The van der Waals surface area contributed by atoms with Crippen molar-refractivity contribution in [1.82, 2.24) is 0 Å². The van der Waals surface area contributed by atoms with Gasteiger partial charge >= 0.3 is 0 Å². The Morgan fingerprint density at radius 2 is 1.56 bits per heavy atom. The molecule has 0 aromatic heterocycles. The predicted molar refractivity (Wildman–Crippen MR) is 147 cm³/mol. The molecular weight excluding hydrogens is 426 g/mol. The van der Waals surface area contributed by atoms with Crippen LogP contribution < -0.4 is 9.33 Å². The van der Waals surface area contributed by atoms with E-state index < -0.39 is 16.6 Å². The Balaban J connectivity index is 2.31. The van der Waals surface area contributed by atoms with Gasteiger partial charge in [0.25, 0.3) is 8.32 Å².